The van der Waals surface area contributed by atoms with Crippen LogP contribution in [0.4, 0.5) is 0 Å². The third kappa shape index (κ3) is 3.27. The van der Waals surface area contributed by atoms with Crippen LogP contribution in [0, 0.1) is 0 Å². The summed E-state index contributed by atoms with van der Waals surface area (Å²) in [6.45, 7) is 6.04. The predicted octanol–water partition coefficient (Wildman–Crippen LogP) is 1.51. The van der Waals surface area contributed by atoms with Gasteiger partial charge in [0.15, 0.2) is 10.8 Å². The first kappa shape index (κ1) is 13.8. The number of aliphatic hydroxyl groups is 1. The molecular weight excluding hydrogens is 274 g/mol. The van der Waals surface area contributed by atoms with E-state index in [2.05, 4.69) is 20.2 Å². The highest BCUT2D eigenvalue weighted by Crippen LogP contribution is 2.24. The average molecular weight is 293 g/mol. The van der Waals surface area contributed by atoms with Gasteiger partial charge in [-0.2, -0.15) is 0 Å². The Morgan fingerprint density at radius 2 is 2.05 bits per heavy atom. The fourth-order valence-corrected chi connectivity index (χ4v) is 3.21. The van der Waals surface area contributed by atoms with E-state index in [1.807, 2.05) is 12.1 Å². The van der Waals surface area contributed by atoms with E-state index >= 15 is 0 Å². The Kier molecular flexibility index (Phi) is 4.47. The topological polar surface area (TPSA) is 52.7 Å². The van der Waals surface area contributed by atoms with Gasteiger partial charge in [0.2, 0.25) is 0 Å². The summed E-state index contributed by atoms with van der Waals surface area (Å²) in [6, 6.07) is 3.83. The number of thiazole rings is 1. The van der Waals surface area contributed by atoms with Crippen molar-refractivity contribution in [1.29, 1.82) is 0 Å². The summed E-state index contributed by atoms with van der Waals surface area (Å²) in [5.41, 5.74) is 1.11. The lowest BCUT2D eigenvalue weighted by Crippen LogP contribution is -2.46. The van der Waals surface area contributed by atoms with Gasteiger partial charge in [-0.3, -0.25) is 9.80 Å². The maximum absolute atomic E-state index is 8.94. The van der Waals surface area contributed by atoms with Crippen molar-refractivity contribution in [2.45, 2.75) is 6.54 Å². The van der Waals surface area contributed by atoms with E-state index in [-0.39, 0.29) is 6.61 Å². The number of piperazine rings is 1. The number of aromatic nitrogens is 1. The molecule has 1 fully saturated rings. The molecule has 0 bridgehead atoms. The number of nitrogens with zero attached hydrogens (tertiary/aromatic N) is 3. The lowest BCUT2D eigenvalue weighted by molar-refractivity contribution is 0.108. The molecule has 1 aliphatic rings. The summed E-state index contributed by atoms with van der Waals surface area (Å²) in [7, 11) is 0. The highest BCUT2D eigenvalue weighted by atomic mass is 32.1. The van der Waals surface area contributed by atoms with Crippen molar-refractivity contribution in [3.05, 3.63) is 29.5 Å². The van der Waals surface area contributed by atoms with Crippen molar-refractivity contribution in [1.82, 2.24) is 14.8 Å². The minimum Gasteiger partial charge on any atom is -0.462 e. The smallest absolute Gasteiger partial charge is 0.162 e. The van der Waals surface area contributed by atoms with E-state index in [9.17, 15) is 0 Å². The van der Waals surface area contributed by atoms with Crippen molar-refractivity contribution in [3.8, 4) is 10.8 Å². The number of rotatable bonds is 5. The predicted molar refractivity (Wildman–Crippen MR) is 78.6 cm³/mol. The first-order valence-electron chi connectivity index (χ1n) is 6.89. The third-order valence-electron chi connectivity index (χ3n) is 3.55. The van der Waals surface area contributed by atoms with Gasteiger partial charge < -0.3 is 9.52 Å². The summed E-state index contributed by atoms with van der Waals surface area (Å²) in [5, 5.41) is 12.0. The van der Waals surface area contributed by atoms with Crippen molar-refractivity contribution in [2.75, 3.05) is 39.3 Å². The minimum atomic E-state index is 0.249. The Bertz CT molecular complexity index is 518. The Morgan fingerprint density at radius 1 is 1.25 bits per heavy atom. The second-order valence-electron chi connectivity index (χ2n) is 4.96. The van der Waals surface area contributed by atoms with Crippen LogP contribution in [0.25, 0.3) is 10.8 Å². The number of hydrogen-bond acceptors (Lipinski definition) is 6. The number of furan rings is 1. The van der Waals surface area contributed by atoms with Crippen molar-refractivity contribution >= 4 is 11.3 Å². The molecule has 0 unspecified atom stereocenters. The van der Waals surface area contributed by atoms with Crippen molar-refractivity contribution in [2.24, 2.45) is 0 Å². The quantitative estimate of drug-likeness (QED) is 0.905. The van der Waals surface area contributed by atoms with E-state index in [0.29, 0.717) is 0 Å². The molecule has 0 aliphatic carbocycles. The van der Waals surface area contributed by atoms with Gasteiger partial charge in [-0.05, 0) is 12.1 Å². The molecule has 3 heterocycles. The molecule has 5 nitrogen and oxygen atoms in total. The summed E-state index contributed by atoms with van der Waals surface area (Å²) < 4.78 is 5.37. The van der Waals surface area contributed by atoms with Crippen LogP contribution in [-0.4, -0.2) is 59.2 Å². The van der Waals surface area contributed by atoms with Gasteiger partial charge in [0.05, 0.1) is 18.6 Å². The van der Waals surface area contributed by atoms with Gasteiger partial charge in [-0.25, -0.2) is 4.98 Å². The summed E-state index contributed by atoms with van der Waals surface area (Å²) in [4.78, 5) is 9.34. The average Bonchev–Trinajstić information content (AvgIpc) is 3.12. The first-order chi connectivity index (χ1) is 9.85. The standard InChI is InChI=1S/C14H19N3O2S/c18-8-7-16-3-5-17(6-4-16)10-12-11-20-14(15-12)13-2-1-9-19-13/h1-2,9,11,18H,3-8,10H2. The molecular formula is C14H19N3O2S. The third-order valence-corrected chi connectivity index (χ3v) is 4.46. The van der Waals surface area contributed by atoms with Crippen LogP contribution in [0.1, 0.15) is 5.69 Å². The molecule has 2 aromatic heterocycles. The molecule has 108 valence electrons. The molecule has 0 spiro atoms. The molecule has 2 aromatic rings. The zero-order valence-corrected chi connectivity index (χ0v) is 12.2. The maximum Gasteiger partial charge on any atom is 0.162 e. The van der Waals surface area contributed by atoms with Crippen LogP contribution in [0.5, 0.6) is 0 Å². The van der Waals surface area contributed by atoms with Gasteiger partial charge >= 0.3 is 0 Å². The van der Waals surface area contributed by atoms with E-state index in [1.54, 1.807) is 17.6 Å². The van der Waals surface area contributed by atoms with Gasteiger partial charge in [-0.1, -0.05) is 0 Å². The van der Waals surface area contributed by atoms with Crippen molar-refractivity contribution < 1.29 is 9.52 Å². The summed E-state index contributed by atoms with van der Waals surface area (Å²) in [6.07, 6.45) is 1.68. The largest absolute Gasteiger partial charge is 0.462 e. The maximum atomic E-state index is 8.94. The van der Waals surface area contributed by atoms with Crippen LogP contribution >= 0.6 is 11.3 Å². The highest BCUT2D eigenvalue weighted by molar-refractivity contribution is 7.13. The Balaban J connectivity index is 1.54. The molecule has 0 saturated carbocycles. The number of aliphatic hydroxyl groups excluding tert-OH is 1. The normalized spacial score (nSPS) is 17.6. The number of β-amino-alcohol motifs (C(OH)–C–C–N with tert-alkyl or cyclic N) is 1. The lowest BCUT2D eigenvalue weighted by Gasteiger charge is -2.33. The second-order valence-corrected chi connectivity index (χ2v) is 5.82. The van der Waals surface area contributed by atoms with Gasteiger partial charge in [0, 0.05) is 44.6 Å². The van der Waals surface area contributed by atoms with Crippen molar-refractivity contribution in [3.63, 3.8) is 0 Å². The molecule has 6 heteroatoms. The van der Waals surface area contributed by atoms with Crippen LogP contribution < -0.4 is 0 Å². The Morgan fingerprint density at radius 3 is 2.75 bits per heavy atom. The molecule has 0 radical (unpaired) electrons. The Hall–Kier alpha value is -1.21. The van der Waals surface area contributed by atoms with E-state index in [0.717, 1.165) is 55.7 Å². The van der Waals surface area contributed by atoms with E-state index < -0.39 is 0 Å². The first-order valence-corrected chi connectivity index (χ1v) is 7.77. The van der Waals surface area contributed by atoms with Crippen LogP contribution in [0.3, 0.4) is 0 Å². The van der Waals surface area contributed by atoms with E-state index in [4.69, 9.17) is 9.52 Å². The van der Waals surface area contributed by atoms with Crippen LogP contribution in [0.15, 0.2) is 28.2 Å². The summed E-state index contributed by atoms with van der Waals surface area (Å²) >= 11 is 1.63. The lowest BCUT2D eigenvalue weighted by atomic mass is 10.3. The molecule has 0 atom stereocenters. The zero-order chi connectivity index (χ0) is 13.8. The Labute approximate surface area is 122 Å². The molecule has 0 aromatic carbocycles. The fraction of sp³-hybridized carbons (Fsp3) is 0.500. The molecule has 1 aliphatic heterocycles. The van der Waals surface area contributed by atoms with Crippen LogP contribution in [0.2, 0.25) is 0 Å². The van der Waals surface area contributed by atoms with Gasteiger partial charge in [-0.15, -0.1) is 11.3 Å². The molecule has 0 amide bonds. The monoisotopic (exact) mass is 293 g/mol. The zero-order valence-electron chi connectivity index (χ0n) is 11.4. The fourth-order valence-electron chi connectivity index (χ4n) is 2.43. The SMILES string of the molecule is OCCN1CCN(Cc2csc(-c3ccco3)n2)CC1. The minimum absolute atomic E-state index is 0.249. The van der Waals surface area contributed by atoms with E-state index in [1.165, 1.54) is 0 Å². The molecule has 1 saturated heterocycles. The summed E-state index contributed by atoms with van der Waals surface area (Å²) in [5.74, 6) is 0.842. The molecule has 3 rings (SSSR count). The van der Waals surface area contributed by atoms with Gasteiger partial charge in [0.25, 0.3) is 0 Å². The molecule has 20 heavy (non-hydrogen) atoms. The highest BCUT2D eigenvalue weighted by Gasteiger charge is 2.17. The second kappa shape index (κ2) is 6.49. The van der Waals surface area contributed by atoms with Gasteiger partial charge in [0.1, 0.15) is 0 Å². The molecule has 1 N–H and O–H groups in total. The van der Waals surface area contributed by atoms with Crippen LogP contribution in [-0.2, 0) is 6.54 Å². The number of hydrogen-bond donors (Lipinski definition) is 1.